The summed E-state index contributed by atoms with van der Waals surface area (Å²) in [5.41, 5.74) is 5.14. The number of benzene rings is 2. The molecule has 0 saturated heterocycles. The first-order valence-electron chi connectivity index (χ1n) is 10.6. The summed E-state index contributed by atoms with van der Waals surface area (Å²) in [5, 5.41) is 10.8. The highest BCUT2D eigenvalue weighted by molar-refractivity contribution is 7.08. The average Bonchev–Trinajstić information content (AvgIpc) is 3.59. The van der Waals surface area contributed by atoms with E-state index in [0.29, 0.717) is 28.7 Å². The molecular formula is C24H21N7O2S. The van der Waals surface area contributed by atoms with Crippen LogP contribution in [0.2, 0.25) is 0 Å². The van der Waals surface area contributed by atoms with Crippen LogP contribution in [-0.4, -0.2) is 40.4 Å². The Hall–Kier alpha value is -4.31. The summed E-state index contributed by atoms with van der Waals surface area (Å²) < 4.78 is 12.9. The number of thiophene rings is 1. The highest BCUT2D eigenvalue weighted by atomic mass is 32.1. The predicted molar refractivity (Wildman–Crippen MR) is 134 cm³/mol. The van der Waals surface area contributed by atoms with Gasteiger partial charge in [-0.1, -0.05) is 6.07 Å². The zero-order valence-corrected chi connectivity index (χ0v) is 19.3. The van der Waals surface area contributed by atoms with Crippen molar-refractivity contribution in [1.82, 2.24) is 19.5 Å². The summed E-state index contributed by atoms with van der Waals surface area (Å²) in [7, 11) is 4.02. The third-order valence-electron chi connectivity index (χ3n) is 5.43. The van der Waals surface area contributed by atoms with Crippen LogP contribution in [0.1, 0.15) is 0 Å². The van der Waals surface area contributed by atoms with Gasteiger partial charge >= 0.3 is 0 Å². The van der Waals surface area contributed by atoms with Crippen LogP contribution in [0, 0.1) is 0 Å². The first-order chi connectivity index (χ1) is 16.6. The van der Waals surface area contributed by atoms with Gasteiger partial charge in [0.25, 0.3) is 0 Å². The molecule has 0 fully saturated rings. The molecule has 0 radical (unpaired) electrons. The molecule has 1 aliphatic heterocycles. The van der Waals surface area contributed by atoms with Gasteiger partial charge in [0, 0.05) is 42.6 Å². The first-order valence-corrected chi connectivity index (χ1v) is 11.6. The predicted octanol–water partition coefficient (Wildman–Crippen LogP) is 5.16. The van der Waals surface area contributed by atoms with Crippen LogP contribution in [0.5, 0.6) is 11.5 Å². The second-order valence-electron chi connectivity index (χ2n) is 7.93. The number of imidazole rings is 1. The minimum Gasteiger partial charge on any atom is -0.454 e. The smallest absolute Gasteiger partial charge is 0.231 e. The fourth-order valence-electron chi connectivity index (χ4n) is 3.73. The number of nitrogens with one attached hydrogen (secondary N) is 2. The van der Waals surface area contributed by atoms with E-state index >= 15 is 0 Å². The van der Waals surface area contributed by atoms with Crippen LogP contribution in [0.15, 0.2) is 65.6 Å². The monoisotopic (exact) mass is 471 g/mol. The van der Waals surface area contributed by atoms with Crippen molar-refractivity contribution >= 4 is 51.3 Å². The average molecular weight is 472 g/mol. The molecule has 0 spiro atoms. The van der Waals surface area contributed by atoms with E-state index in [0.717, 1.165) is 28.5 Å². The van der Waals surface area contributed by atoms with Gasteiger partial charge in [0.2, 0.25) is 12.7 Å². The number of anilines is 5. The van der Waals surface area contributed by atoms with Crippen molar-refractivity contribution in [2.24, 2.45) is 0 Å². The molecule has 0 aliphatic carbocycles. The summed E-state index contributed by atoms with van der Waals surface area (Å²) in [4.78, 5) is 16.2. The lowest BCUT2D eigenvalue weighted by Gasteiger charge is -2.14. The lowest BCUT2D eigenvalue weighted by atomic mass is 10.2. The van der Waals surface area contributed by atoms with Crippen molar-refractivity contribution in [3.05, 3.63) is 65.6 Å². The molecule has 0 amide bonds. The Balaban J connectivity index is 1.43. The van der Waals surface area contributed by atoms with Gasteiger partial charge in [-0.2, -0.15) is 21.3 Å². The SMILES string of the molecule is CN(C)c1cccc(Nc2nc(Nc3ccc4c(c3)OCO4)c3ncn(-c4ccsc4)c3n2)c1. The first kappa shape index (κ1) is 20.3. The molecule has 2 N–H and O–H groups in total. The van der Waals surface area contributed by atoms with Crippen LogP contribution in [0.25, 0.3) is 16.9 Å². The van der Waals surface area contributed by atoms with Gasteiger partial charge in [-0.3, -0.25) is 4.57 Å². The van der Waals surface area contributed by atoms with Gasteiger partial charge in [0.15, 0.2) is 28.5 Å². The van der Waals surface area contributed by atoms with Crippen molar-refractivity contribution in [1.29, 1.82) is 0 Å². The van der Waals surface area contributed by atoms with Crippen molar-refractivity contribution in [3.63, 3.8) is 0 Å². The van der Waals surface area contributed by atoms with Crippen LogP contribution >= 0.6 is 11.3 Å². The fourth-order valence-corrected chi connectivity index (χ4v) is 4.36. The summed E-state index contributed by atoms with van der Waals surface area (Å²) in [6, 6.07) is 15.8. The number of rotatable bonds is 6. The van der Waals surface area contributed by atoms with E-state index in [2.05, 4.69) is 27.1 Å². The second kappa shape index (κ2) is 8.23. The highest BCUT2D eigenvalue weighted by Crippen LogP contribution is 2.36. The molecule has 0 bridgehead atoms. The lowest BCUT2D eigenvalue weighted by molar-refractivity contribution is 0.174. The van der Waals surface area contributed by atoms with Crippen LogP contribution in [0.3, 0.4) is 0 Å². The largest absolute Gasteiger partial charge is 0.454 e. The van der Waals surface area contributed by atoms with E-state index in [9.17, 15) is 0 Å². The van der Waals surface area contributed by atoms with Crippen molar-refractivity contribution in [2.45, 2.75) is 0 Å². The van der Waals surface area contributed by atoms with E-state index in [1.807, 2.05) is 71.4 Å². The fraction of sp³-hybridized carbons (Fsp3) is 0.125. The Morgan fingerprint density at radius 1 is 0.971 bits per heavy atom. The van der Waals surface area contributed by atoms with Gasteiger partial charge < -0.3 is 25.0 Å². The molecule has 9 nitrogen and oxygen atoms in total. The molecule has 4 heterocycles. The van der Waals surface area contributed by atoms with Crippen LogP contribution < -0.4 is 25.0 Å². The van der Waals surface area contributed by atoms with Gasteiger partial charge in [-0.25, -0.2) is 4.98 Å². The van der Waals surface area contributed by atoms with E-state index in [-0.39, 0.29) is 6.79 Å². The number of aromatic nitrogens is 4. The van der Waals surface area contributed by atoms with E-state index in [4.69, 9.17) is 19.4 Å². The van der Waals surface area contributed by atoms with Crippen LogP contribution in [0.4, 0.5) is 28.8 Å². The summed E-state index contributed by atoms with van der Waals surface area (Å²) in [6.45, 7) is 0.224. The number of nitrogens with zero attached hydrogens (tertiary/aromatic N) is 5. The molecule has 6 rings (SSSR count). The van der Waals surface area contributed by atoms with Gasteiger partial charge in [0.1, 0.15) is 6.33 Å². The highest BCUT2D eigenvalue weighted by Gasteiger charge is 2.18. The third-order valence-corrected chi connectivity index (χ3v) is 6.11. The molecule has 34 heavy (non-hydrogen) atoms. The van der Waals surface area contributed by atoms with Crippen molar-refractivity contribution < 1.29 is 9.47 Å². The standard InChI is InChI=1S/C24H21N7O2S/c1-30(2)17-5-3-4-15(10-17)27-24-28-22(26-16-6-7-19-20(11-16)33-14-32-19)21-23(29-24)31(13-25-21)18-8-9-34-12-18/h3-13H,14H2,1-2H3,(H2,26,27,28,29). The Labute approximate surface area is 199 Å². The Morgan fingerprint density at radius 2 is 1.85 bits per heavy atom. The molecular weight excluding hydrogens is 450 g/mol. The minimum atomic E-state index is 0.224. The molecule has 170 valence electrons. The number of hydrogen-bond acceptors (Lipinski definition) is 9. The van der Waals surface area contributed by atoms with Gasteiger partial charge in [-0.05, 0) is 41.8 Å². The maximum atomic E-state index is 5.52. The third kappa shape index (κ3) is 3.73. The van der Waals surface area contributed by atoms with E-state index < -0.39 is 0 Å². The maximum absolute atomic E-state index is 5.52. The topological polar surface area (TPSA) is 89.4 Å². The summed E-state index contributed by atoms with van der Waals surface area (Å²) in [5.74, 6) is 2.47. The molecule has 2 aromatic carbocycles. The quantitative estimate of drug-likeness (QED) is 0.351. The Morgan fingerprint density at radius 3 is 2.71 bits per heavy atom. The van der Waals surface area contributed by atoms with Crippen molar-refractivity contribution in [3.8, 4) is 17.2 Å². The number of ether oxygens (including phenoxy) is 2. The zero-order chi connectivity index (χ0) is 23.1. The molecule has 0 atom stereocenters. The lowest BCUT2D eigenvalue weighted by Crippen LogP contribution is -2.09. The molecule has 3 aromatic heterocycles. The van der Waals surface area contributed by atoms with Crippen molar-refractivity contribution in [2.75, 3.05) is 36.4 Å². The number of hydrogen-bond donors (Lipinski definition) is 2. The summed E-state index contributed by atoms with van der Waals surface area (Å²) in [6.07, 6.45) is 1.77. The molecule has 10 heteroatoms. The van der Waals surface area contributed by atoms with Gasteiger partial charge in [-0.15, -0.1) is 0 Å². The maximum Gasteiger partial charge on any atom is 0.231 e. The molecule has 5 aromatic rings. The van der Waals surface area contributed by atoms with E-state index in [1.54, 1.807) is 17.7 Å². The van der Waals surface area contributed by atoms with Crippen LogP contribution in [-0.2, 0) is 0 Å². The molecule has 1 aliphatic rings. The molecule has 0 unspecified atom stereocenters. The number of fused-ring (bicyclic) bond motifs is 2. The summed E-state index contributed by atoms with van der Waals surface area (Å²) >= 11 is 1.62. The van der Waals surface area contributed by atoms with E-state index in [1.165, 1.54) is 0 Å². The zero-order valence-electron chi connectivity index (χ0n) is 18.5. The van der Waals surface area contributed by atoms with Gasteiger partial charge in [0.05, 0.1) is 5.69 Å². The normalized spacial score (nSPS) is 12.2. The Bertz CT molecular complexity index is 1480. The minimum absolute atomic E-state index is 0.224. The Kier molecular flexibility index (Phi) is 4.92. The second-order valence-corrected chi connectivity index (χ2v) is 8.71. The molecule has 0 saturated carbocycles.